The van der Waals surface area contributed by atoms with Gasteiger partial charge in [-0.15, -0.1) is 0 Å². The molecule has 0 aromatic heterocycles. The smallest absolute Gasteiger partial charge is 0.329 e. The van der Waals surface area contributed by atoms with Crippen LogP contribution in [0.2, 0.25) is 0 Å². The molecular weight excluding hydrogens is 560 g/mol. The molecule has 0 saturated heterocycles. The van der Waals surface area contributed by atoms with Gasteiger partial charge in [0.2, 0.25) is 0 Å². The van der Waals surface area contributed by atoms with Crippen LogP contribution in [0.4, 0.5) is 21.0 Å². The molecule has 234 valence electrons. The fourth-order valence-corrected chi connectivity index (χ4v) is 4.26. The molecule has 3 aromatic rings. The average Bonchev–Trinajstić information content (AvgIpc) is 3.02. The Balaban J connectivity index is 1.67. The summed E-state index contributed by atoms with van der Waals surface area (Å²) in [5.41, 5.74) is 2.32. The van der Waals surface area contributed by atoms with Crippen molar-refractivity contribution in [3.8, 4) is 0 Å². The third kappa shape index (κ3) is 11.8. The van der Waals surface area contributed by atoms with Gasteiger partial charge in [0.05, 0.1) is 24.6 Å². The van der Waals surface area contributed by atoms with Crippen molar-refractivity contribution in [1.82, 2.24) is 10.6 Å². The minimum Gasteiger partial charge on any atom is -0.464 e. The Labute approximate surface area is 258 Å². The summed E-state index contributed by atoms with van der Waals surface area (Å²) in [6.07, 6.45) is 3.68. The summed E-state index contributed by atoms with van der Waals surface area (Å²) < 4.78 is 10.8. The minimum absolute atomic E-state index is 0.249. The zero-order valence-corrected chi connectivity index (χ0v) is 25.3. The van der Waals surface area contributed by atoms with Crippen LogP contribution in [-0.4, -0.2) is 49.3 Å². The van der Waals surface area contributed by atoms with Gasteiger partial charge < -0.3 is 30.7 Å². The summed E-state index contributed by atoms with van der Waals surface area (Å²) in [7, 11) is 0. The number of anilines is 2. The first-order valence-corrected chi connectivity index (χ1v) is 15.0. The quantitative estimate of drug-likeness (QED) is 0.120. The molecule has 4 amide bonds. The Kier molecular flexibility index (Phi) is 14.2. The van der Waals surface area contributed by atoms with Crippen molar-refractivity contribution in [2.24, 2.45) is 0 Å². The van der Waals surface area contributed by atoms with Crippen LogP contribution in [0.15, 0.2) is 84.9 Å². The zero-order valence-electron chi connectivity index (χ0n) is 25.3. The molecule has 3 aromatic carbocycles. The van der Waals surface area contributed by atoms with E-state index in [2.05, 4.69) is 21.3 Å². The van der Waals surface area contributed by atoms with Gasteiger partial charge in [-0.3, -0.25) is 0 Å². The molecule has 0 aliphatic carbocycles. The average molecular weight is 603 g/mol. The predicted molar refractivity (Wildman–Crippen MR) is 170 cm³/mol. The van der Waals surface area contributed by atoms with Gasteiger partial charge in [-0.1, -0.05) is 99.5 Å². The summed E-state index contributed by atoms with van der Waals surface area (Å²) in [6.45, 7) is 4.53. The van der Waals surface area contributed by atoms with Gasteiger partial charge in [-0.25, -0.2) is 19.2 Å². The molecule has 0 heterocycles. The van der Waals surface area contributed by atoms with Crippen molar-refractivity contribution in [2.45, 2.75) is 64.5 Å². The third-order valence-electron chi connectivity index (χ3n) is 6.65. The lowest BCUT2D eigenvalue weighted by Gasteiger charge is -2.20. The first kappa shape index (κ1) is 33.6. The Morgan fingerprint density at radius 2 is 0.932 bits per heavy atom. The fraction of sp³-hybridized carbons (Fsp3) is 0.353. The molecule has 0 spiro atoms. The van der Waals surface area contributed by atoms with Crippen LogP contribution < -0.4 is 21.3 Å². The topological polar surface area (TPSA) is 135 Å². The molecule has 0 unspecified atom stereocenters. The number of urea groups is 2. The maximum atomic E-state index is 13.1. The van der Waals surface area contributed by atoms with Gasteiger partial charge in [-0.05, 0) is 36.1 Å². The highest BCUT2D eigenvalue weighted by Gasteiger charge is 2.25. The maximum absolute atomic E-state index is 13.1. The molecule has 0 bridgehead atoms. The minimum atomic E-state index is -0.921. The molecule has 2 atom stereocenters. The van der Waals surface area contributed by atoms with Gasteiger partial charge in [0.15, 0.2) is 0 Å². The number of carbonyl (C=O) groups excluding carboxylic acids is 4. The van der Waals surface area contributed by atoms with Crippen molar-refractivity contribution in [1.29, 1.82) is 0 Å². The number of rotatable bonds is 16. The van der Waals surface area contributed by atoms with E-state index in [1.54, 1.807) is 24.3 Å². The van der Waals surface area contributed by atoms with E-state index >= 15 is 0 Å². The second-order valence-electron chi connectivity index (χ2n) is 10.3. The summed E-state index contributed by atoms with van der Waals surface area (Å²) in [4.78, 5) is 51.8. The van der Waals surface area contributed by atoms with E-state index < -0.39 is 36.1 Å². The highest BCUT2D eigenvalue weighted by Crippen LogP contribution is 2.21. The van der Waals surface area contributed by atoms with E-state index in [-0.39, 0.29) is 26.1 Å². The van der Waals surface area contributed by atoms with Gasteiger partial charge in [0, 0.05) is 12.8 Å². The summed E-state index contributed by atoms with van der Waals surface area (Å²) in [5, 5.41) is 10.8. The number of para-hydroxylation sites is 2. The molecule has 4 N–H and O–H groups in total. The maximum Gasteiger partial charge on any atom is 0.329 e. The number of benzene rings is 3. The van der Waals surface area contributed by atoms with Crippen LogP contribution in [0.3, 0.4) is 0 Å². The molecule has 0 radical (unpaired) electrons. The van der Waals surface area contributed by atoms with Gasteiger partial charge >= 0.3 is 24.0 Å². The number of amides is 4. The Hall–Kier alpha value is -4.86. The molecule has 3 rings (SSSR count). The lowest BCUT2D eigenvalue weighted by atomic mass is 10.1. The standard InChI is InChI=1S/C34H42N4O6/c1-3-5-21-43-31(39)29(23-25-15-9-7-10-16-25)37-33(41)35-27-19-13-14-20-28(27)36-34(42)38-30(32(40)44-22-6-4-2)24-26-17-11-8-12-18-26/h7-20,29-30H,3-6,21-24H2,1-2H3,(H2,35,37,41)(H2,36,38,42)/t29-,30-/m1/s1. The van der Waals surface area contributed by atoms with Crippen molar-refractivity contribution >= 4 is 35.4 Å². The van der Waals surface area contributed by atoms with Crippen LogP contribution >= 0.6 is 0 Å². The predicted octanol–water partition coefficient (Wildman–Crippen LogP) is 5.84. The number of nitrogens with one attached hydrogen (secondary N) is 4. The molecule has 44 heavy (non-hydrogen) atoms. The van der Waals surface area contributed by atoms with Crippen molar-refractivity contribution < 1.29 is 28.7 Å². The van der Waals surface area contributed by atoms with Gasteiger partial charge in [0.25, 0.3) is 0 Å². The largest absolute Gasteiger partial charge is 0.464 e. The molecule has 0 fully saturated rings. The first-order chi connectivity index (χ1) is 21.4. The molecule has 10 heteroatoms. The third-order valence-corrected chi connectivity index (χ3v) is 6.65. The van der Waals surface area contributed by atoms with Crippen molar-refractivity contribution in [3.63, 3.8) is 0 Å². The van der Waals surface area contributed by atoms with Crippen molar-refractivity contribution in [2.75, 3.05) is 23.8 Å². The number of esters is 2. The SMILES string of the molecule is CCCCOC(=O)[C@@H](Cc1ccccc1)NC(=O)Nc1ccccc1NC(=O)N[C@H](Cc1ccccc1)C(=O)OCCCC. The summed E-state index contributed by atoms with van der Waals surface area (Å²) >= 11 is 0. The van der Waals surface area contributed by atoms with Gasteiger partial charge in [-0.2, -0.15) is 0 Å². The Morgan fingerprint density at radius 3 is 1.30 bits per heavy atom. The summed E-state index contributed by atoms with van der Waals surface area (Å²) in [5.74, 6) is -1.06. The van der Waals surface area contributed by atoms with E-state index in [1.807, 2.05) is 74.5 Å². The summed E-state index contributed by atoms with van der Waals surface area (Å²) in [6, 6.07) is 22.1. The number of carbonyl (C=O) groups is 4. The first-order valence-electron chi connectivity index (χ1n) is 15.0. The Bertz CT molecular complexity index is 1230. The van der Waals surface area contributed by atoms with Gasteiger partial charge in [0.1, 0.15) is 12.1 Å². The monoisotopic (exact) mass is 602 g/mol. The van der Waals surface area contributed by atoms with Crippen LogP contribution in [0.5, 0.6) is 0 Å². The van der Waals surface area contributed by atoms with E-state index in [1.165, 1.54) is 0 Å². The normalized spacial score (nSPS) is 11.9. The molecular formula is C34H42N4O6. The second-order valence-corrected chi connectivity index (χ2v) is 10.3. The highest BCUT2D eigenvalue weighted by atomic mass is 16.5. The number of ether oxygens (including phenoxy) is 2. The molecule has 0 aliphatic heterocycles. The lowest BCUT2D eigenvalue weighted by Crippen LogP contribution is -2.46. The van der Waals surface area contributed by atoms with Crippen molar-refractivity contribution in [3.05, 3.63) is 96.1 Å². The second kappa shape index (κ2) is 18.6. The van der Waals surface area contributed by atoms with Crippen LogP contribution in [0, 0.1) is 0 Å². The molecule has 10 nitrogen and oxygen atoms in total. The molecule has 0 aliphatic rings. The van der Waals surface area contributed by atoms with E-state index in [9.17, 15) is 19.2 Å². The molecule has 0 saturated carbocycles. The highest BCUT2D eigenvalue weighted by molar-refractivity contribution is 6.00. The van der Waals surface area contributed by atoms with Crippen LogP contribution in [0.1, 0.15) is 50.7 Å². The van der Waals surface area contributed by atoms with E-state index in [0.717, 1.165) is 36.8 Å². The van der Waals surface area contributed by atoms with Crippen LogP contribution in [-0.2, 0) is 31.9 Å². The number of hydrogen-bond acceptors (Lipinski definition) is 6. The number of unbranched alkanes of at least 4 members (excludes halogenated alkanes) is 2. The Morgan fingerprint density at radius 1 is 0.568 bits per heavy atom. The lowest BCUT2D eigenvalue weighted by molar-refractivity contribution is -0.146. The van der Waals surface area contributed by atoms with E-state index in [0.29, 0.717) is 11.4 Å². The van der Waals surface area contributed by atoms with Crippen LogP contribution in [0.25, 0.3) is 0 Å². The fourth-order valence-electron chi connectivity index (χ4n) is 4.26. The number of hydrogen-bond donors (Lipinski definition) is 4. The van der Waals surface area contributed by atoms with E-state index in [4.69, 9.17) is 9.47 Å². The zero-order chi connectivity index (χ0) is 31.6.